The van der Waals surface area contributed by atoms with E-state index in [4.69, 9.17) is 11.6 Å². The average Bonchev–Trinajstić information content (AvgIpc) is 3.02. The number of H-pyrrole nitrogens is 1. The normalized spacial score (nSPS) is 11.8. The summed E-state index contributed by atoms with van der Waals surface area (Å²) >= 11 is 5.89. The second-order valence-corrected chi connectivity index (χ2v) is 6.84. The maximum Gasteiger partial charge on any atom is 0.303 e. The first-order valence-electron chi connectivity index (χ1n) is 8.66. The molecule has 0 saturated heterocycles. The molecule has 1 amide bonds. The lowest BCUT2D eigenvalue weighted by atomic mass is 9.92. The number of aromatic nitrogens is 3. The molecule has 0 aliphatic carbocycles. The van der Waals surface area contributed by atoms with Crippen LogP contribution in [0.25, 0.3) is 11.3 Å². The summed E-state index contributed by atoms with van der Waals surface area (Å²) in [6.45, 7) is 1.85. The Morgan fingerprint density at radius 3 is 2.46 bits per heavy atom. The fourth-order valence-corrected chi connectivity index (χ4v) is 3.11. The maximum atomic E-state index is 12.5. The summed E-state index contributed by atoms with van der Waals surface area (Å²) in [5.41, 5.74) is 3.24. The monoisotopic (exact) mass is 398 g/mol. The van der Waals surface area contributed by atoms with Crippen molar-refractivity contribution in [3.05, 3.63) is 64.9 Å². The fraction of sp³-hybridized carbons (Fsp3) is 0.200. The molecule has 3 aromatic rings. The molecule has 0 aliphatic heterocycles. The molecule has 144 valence electrons. The summed E-state index contributed by atoms with van der Waals surface area (Å²) in [7, 11) is 0. The van der Waals surface area contributed by atoms with Crippen LogP contribution >= 0.6 is 11.6 Å². The van der Waals surface area contributed by atoms with Crippen molar-refractivity contribution in [2.45, 2.75) is 25.7 Å². The van der Waals surface area contributed by atoms with E-state index in [0.717, 1.165) is 22.4 Å². The van der Waals surface area contributed by atoms with Crippen molar-refractivity contribution >= 4 is 29.3 Å². The zero-order chi connectivity index (χ0) is 20.1. The number of aliphatic carboxylic acids is 1. The fourth-order valence-electron chi connectivity index (χ4n) is 2.98. The molecule has 1 aromatic carbocycles. The van der Waals surface area contributed by atoms with Gasteiger partial charge in [0.05, 0.1) is 12.1 Å². The Morgan fingerprint density at radius 2 is 1.82 bits per heavy atom. The number of rotatable bonds is 7. The number of carboxylic acid groups (broad SMARTS) is 1. The van der Waals surface area contributed by atoms with Gasteiger partial charge in [-0.05, 0) is 36.8 Å². The number of pyridine rings is 1. The number of carbonyl (C=O) groups is 2. The molecule has 0 spiro atoms. The van der Waals surface area contributed by atoms with Crippen LogP contribution in [0.3, 0.4) is 0 Å². The lowest BCUT2D eigenvalue weighted by Gasteiger charge is -2.15. The van der Waals surface area contributed by atoms with Gasteiger partial charge >= 0.3 is 5.97 Å². The van der Waals surface area contributed by atoms with Crippen LogP contribution in [-0.4, -0.2) is 32.2 Å². The Balaban J connectivity index is 1.74. The number of halogens is 1. The molecule has 3 rings (SSSR count). The average molecular weight is 399 g/mol. The number of amides is 1. The Bertz CT molecular complexity index is 971. The lowest BCUT2D eigenvalue weighted by molar-refractivity contribution is -0.137. The number of aromatic amines is 1. The highest BCUT2D eigenvalue weighted by Crippen LogP contribution is 2.28. The zero-order valence-corrected chi connectivity index (χ0v) is 15.9. The van der Waals surface area contributed by atoms with E-state index < -0.39 is 11.9 Å². The minimum absolute atomic E-state index is 0.0187. The highest BCUT2D eigenvalue weighted by molar-refractivity contribution is 6.30. The molecule has 0 saturated carbocycles. The molecule has 1 atom stereocenters. The van der Waals surface area contributed by atoms with Crippen LogP contribution in [0.1, 0.15) is 29.9 Å². The lowest BCUT2D eigenvalue weighted by Crippen LogP contribution is -2.18. The van der Waals surface area contributed by atoms with E-state index in [-0.39, 0.29) is 18.7 Å². The van der Waals surface area contributed by atoms with E-state index in [1.807, 2.05) is 19.1 Å². The van der Waals surface area contributed by atoms with Gasteiger partial charge < -0.3 is 10.4 Å². The van der Waals surface area contributed by atoms with Crippen molar-refractivity contribution in [1.82, 2.24) is 15.2 Å². The van der Waals surface area contributed by atoms with Crippen molar-refractivity contribution in [3.63, 3.8) is 0 Å². The highest BCUT2D eigenvalue weighted by atomic mass is 35.5. The summed E-state index contributed by atoms with van der Waals surface area (Å²) in [6, 6.07) is 10.5. The van der Waals surface area contributed by atoms with E-state index in [0.29, 0.717) is 10.8 Å². The number of nitrogens with zero attached hydrogens (tertiary/aromatic N) is 2. The van der Waals surface area contributed by atoms with Gasteiger partial charge in [0, 0.05) is 40.9 Å². The minimum atomic E-state index is -0.969. The molecule has 0 aliphatic rings. The van der Waals surface area contributed by atoms with Crippen LogP contribution in [0.2, 0.25) is 5.02 Å². The van der Waals surface area contributed by atoms with Crippen LogP contribution in [-0.2, 0) is 9.59 Å². The van der Waals surface area contributed by atoms with E-state index in [1.165, 1.54) is 0 Å². The van der Waals surface area contributed by atoms with Crippen LogP contribution in [0.5, 0.6) is 0 Å². The molecule has 0 fully saturated rings. The van der Waals surface area contributed by atoms with E-state index in [2.05, 4.69) is 20.5 Å². The Hall–Kier alpha value is -3.19. The van der Waals surface area contributed by atoms with Gasteiger partial charge in [0.25, 0.3) is 0 Å². The van der Waals surface area contributed by atoms with E-state index >= 15 is 0 Å². The van der Waals surface area contributed by atoms with Crippen molar-refractivity contribution < 1.29 is 14.7 Å². The quantitative estimate of drug-likeness (QED) is 0.557. The second-order valence-electron chi connectivity index (χ2n) is 6.41. The zero-order valence-electron chi connectivity index (χ0n) is 15.1. The number of benzene rings is 1. The van der Waals surface area contributed by atoms with E-state index in [1.54, 1.807) is 36.7 Å². The van der Waals surface area contributed by atoms with Crippen molar-refractivity contribution in [2.24, 2.45) is 0 Å². The number of carbonyl (C=O) groups excluding carboxylic acids is 1. The summed E-state index contributed by atoms with van der Waals surface area (Å²) in [5.74, 6) is -1.32. The van der Waals surface area contributed by atoms with Crippen molar-refractivity contribution in [3.8, 4) is 11.3 Å². The molecule has 1 unspecified atom stereocenters. The van der Waals surface area contributed by atoms with Gasteiger partial charge in [-0.2, -0.15) is 5.10 Å². The number of nitrogens with one attached hydrogen (secondary N) is 2. The predicted molar refractivity (Wildman–Crippen MR) is 106 cm³/mol. The van der Waals surface area contributed by atoms with Crippen LogP contribution in [0.4, 0.5) is 5.82 Å². The summed E-state index contributed by atoms with van der Waals surface area (Å²) in [4.78, 5) is 27.8. The standard InChI is InChI=1S/C20H19ClN4O3/c1-12-19(14-6-8-22-9-7-14)24-25-20(12)23-17(26)10-15(11-18(27)28)13-2-4-16(21)5-3-13/h2-9,15H,10-11H2,1H3,(H,27,28)(H2,23,24,25,26). The van der Waals surface area contributed by atoms with Crippen molar-refractivity contribution in [1.29, 1.82) is 0 Å². The molecule has 28 heavy (non-hydrogen) atoms. The number of hydrogen-bond donors (Lipinski definition) is 3. The highest BCUT2D eigenvalue weighted by Gasteiger charge is 2.21. The number of anilines is 1. The Labute approximate surface area is 166 Å². The largest absolute Gasteiger partial charge is 0.481 e. The first kappa shape index (κ1) is 19.6. The molecule has 2 heterocycles. The third-order valence-electron chi connectivity index (χ3n) is 4.43. The third kappa shape index (κ3) is 4.75. The Kier molecular flexibility index (Phi) is 6.06. The SMILES string of the molecule is Cc1c(NC(=O)CC(CC(=O)O)c2ccc(Cl)cc2)n[nH]c1-c1ccncc1. The first-order valence-corrected chi connectivity index (χ1v) is 9.04. The van der Waals surface area contributed by atoms with Crippen molar-refractivity contribution in [2.75, 3.05) is 5.32 Å². The third-order valence-corrected chi connectivity index (χ3v) is 4.68. The van der Waals surface area contributed by atoms with E-state index in [9.17, 15) is 14.7 Å². The van der Waals surface area contributed by atoms with Crippen LogP contribution in [0, 0.1) is 6.92 Å². The van der Waals surface area contributed by atoms with Gasteiger partial charge in [-0.25, -0.2) is 0 Å². The molecule has 7 nitrogen and oxygen atoms in total. The summed E-state index contributed by atoms with van der Waals surface area (Å²) in [5, 5.41) is 19.6. The number of carboxylic acids is 1. The Morgan fingerprint density at radius 1 is 1.14 bits per heavy atom. The maximum absolute atomic E-state index is 12.5. The van der Waals surface area contributed by atoms with Crippen LogP contribution in [0.15, 0.2) is 48.8 Å². The van der Waals surface area contributed by atoms with Crippen LogP contribution < -0.4 is 5.32 Å². The molecule has 8 heteroatoms. The summed E-state index contributed by atoms with van der Waals surface area (Å²) < 4.78 is 0. The predicted octanol–water partition coefficient (Wildman–Crippen LogP) is 4.02. The first-order chi connectivity index (χ1) is 13.4. The molecule has 0 bridgehead atoms. The number of hydrogen-bond acceptors (Lipinski definition) is 4. The molecule has 0 radical (unpaired) electrons. The van der Waals surface area contributed by atoms with Gasteiger partial charge in [-0.3, -0.25) is 19.7 Å². The second kappa shape index (κ2) is 8.67. The molecular formula is C20H19ClN4O3. The summed E-state index contributed by atoms with van der Waals surface area (Å²) in [6.07, 6.45) is 3.22. The van der Waals surface area contributed by atoms with Gasteiger partial charge in [0.1, 0.15) is 0 Å². The van der Waals surface area contributed by atoms with Gasteiger partial charge in [0.15, 0.2) is 5.82 Å². The van der Waals surface area contributed by atoms with Gasteiger partial charge in [0.2, 0.25) is 5.91 Å². The van der Waals surface area contributed by atoms with Gasteiger partial charge in [-0.15, -0.1) is 0 Å². The molecular weight excluding hydrogens is 380 g/mol. The minimum Gasteiger partial charge on any atom is -0.481 e. The topological polar surface area (TPSA) is 108 Å². The smallest absolute Gasteiger partial charge is 0.303 e. The molecule has 2 aromatic heterocycles. The molecule has 3 N–H and O–H groups in total. The van der Waals surface area contributed by atoms with Gasteiger partial charge in [-0.1, -0.05) is 23.7 Å².